The second-order valence-corrected chi connectivity index (χ2v) is 3.82. The Hall–Kier alpha value is -0.0800. The molecular weight excluding hydrogens is 152 g/mol. The van der Waals surface area contributed by atoms with Crippen molar-refractivity contribution in [2.45, 2.75) is 51.6 Å². The molecule has 0 spiro atoms. The summed E-state index contributed by atoms with van der Waals surface area (Å²) in [5.74, 6) is 0.438. The largest absolute Gasteiger partial charge is 0.400 e. The normalized spacial score (nSPS) is 21.5. The summed E-state index contributed by atoms with van der Waals surface area (Å²) < 4.78 is 0. The van der Waals surface area contributed by atoms with E-state index >= 15 is 0 Å². The molecule has 0 saturated heterocycles. The topological polar surface area (TPSA) is 40.5 Å². The maximum absolute atomic E-state index is 9.95. The first kappa shape index (κ1) is 11.9. The van der Waals surface area contributed by atoms with Crippen molar-refractivity contribution < 1.29 is 10.2 Å². The zero-order valence-electron chi connectivity index (χ0n) is 8.51. The molecule has 2 nitrogen and oxygen atoms in total. The Kier molecular flexibility index (Phi) is 5.51. The molecule has 2 heteroatoms. The van der Waals surface area contributed by atoms with E-state index in [0.29, 0.717) is 5.92 Å². The molecule has 0 aromatic rings. The predicted octanol–water partition coefficient (Wildman–Crippen LogP) is 1.95. The highest BCUT2D eigenvalue weighted by Gasteiger charge is 2.31. The van der Waals surface area contributed by atoms with Gasteiger partial charge in [-0.05, 0) is 18.8 Å². The number of aliphatic hydroxyl groups is 2. The van der Waals surface area contributed by atoms with E-state index in [9.17, 15) is 5.11 Å². The van der Waals surface area contributed by atoms with E-state index in [2.05, 4.69) is 13.8 Å². The van der Waals surface area contributed by atoms with Crippen molar-refractivity contribution in [1.29, 1.82) is 0 Å². The van der Waals surface area contributed by atoms with Gasteiger partial charge in [0.1, 0.15) is 0 Å². The first-order valence-electron chi connectivity index (χ1n) is 4.82. The van der Waals surface area contributed by atoms with E-state index in [1.54, 1.807) is 0 Å². The summed E-state index contributed by atoms with van der Waals surface area (Å²) in [5, 5.41) is 16.9. The van der Waals surface area contributed by atoms with E-state index in [4.69, 9.17) is 5.11 Å². The minimum Gasteiger partial charge on any atom is -0.400 e. The fourth-order valence-electron chi connectivity index (χ4n) is 1.74. The minimum atomic E-state index is -0.321. The Morgan fingerprint density at radius 1 is 1.00 bits per heavy atom. The van der Waals surface area contributed by atoms with Gasteiger partial charge in [-0.15, -0.1) is 0 Å². The molecule has 0 aromatic carbocycles. The summed E-state index contributed by atoms with van der Waals surface area (Å²) in [5.41, 5.74) is -0.321. The number of rotatable bonds is 1. The Morgan fingerprint density at radius 2 is 1.42 bits per heavy atom. The number of hydrogen-bond donors (Lipinski definition) is 2. The summed E-state index contributed by atoms with van der Waals surface area (Å²) in [6, 6.07) is 0. The maximum Gasteiger partial charge on any atom is 0.0670 e. The van der Waals surface area contributed by atoms with Gasteiger partial charge in [0.05, 0.1) is 5.60 Å². The van der Waals surface area contributed by atoms with Crippen molar-refractivity contribution in [3.63, 3.8) is 0 Å². The van der Waals surface area contributed by atoms with Crippen LogP contribution in [0.1, 0.15) is 46.0 Å². The van der Waals surface area contributed by atoms with E-state index in [-0.39, 0.29) is 5.60 Å². The van der Waals surface area contributed by atoms with Gasteiger partial charge in [-0.2, -0.15) is 0 Å². The average Bonchev–Trinajstić information content (AvgIpc) is 2.09. The average molecular weight is 174 g/mol. The monoisotopic (exact) mass is 174 g/mol. The Morgan fingerprint density at radius 3 is 1.67 bits per heavy atom. The van der Waals surface area contributed by atoms with Gasteiger partial charge in [-0.25, -0.2) is 0 Å². The Bertz CT molecular complexity index is 104. The van der Waals surface area contributed by atoms with Crippen LogP contribution in [0.4, 0.5) is 0 Å². The molecule has 12 heavy (non-hydrogen) atoms. The van der Waals surface area contributed by atoms with E-state index in [1.807, 2.05) is 0 Å². The van der Waals surface area contributed by atoms with E-state index < -0.39 is 0 Å². The van der Waals surface area contributed by atoms with Crippen LogP contribution < -0.4 is 0 Å². The summed E-state index contributed by atoms with van der Waals surface area (Å²) in [7, 11) is 1.00. The van der Waals surface area contributed by atoms with Crippen LogP contribution in [0.5, 0.6) is 0 Å². The van der Waals surface area contributed by atoms with Gasteiger partial charge in [-0.1, -0.05) is 33.1 Å². The highest BCUT2D eigenvalue weighted by molar-refractivity contribution is 4.84. The van der Waals surface area contributed by atoms with Crippen LogP contribution in [0.15, 0.2) is 0 Å². The third kappa shape index (κ3) is 3.11. The molecule has 74 valence electrons. The molecule has 1 fully saturated rings. The molecule has 0 aromatic heterocycles. The second kappa shape index (κ2) is 5.55. The van der Waals surface area contributed by atoms with Crippen molar-refractivity contribution in [2.24, 2.45) is 5.92 Å². The standard InChI is InChI=1S/C9H18O.CH4O/c1-8(2)9(10)6-4-3-5-7-9;1-2/h8,10H,3-7H2,1-2H3;2H,1H3. The molecule has 0 unspecified atom stereocenters. The molecule has 1 rings (SSSR count). The third-order valence-corrected chi connectivity index (χ3v) is 2.79. The van der Waals surface area contributed by atoms with Crippen molar-refractivity contribution in [2.75, 3.05) is 7.11 Å². The van der Waals surface area contributed by atoms with Crippen molar-refractivity contribution in [1.82, 2.24) is 0 Å². The lowest BCUT2D eigenvalue weighted by Gasteiger charge is -2.35. The second-order valence-electron chi connectivity index (χ2n) is 3.82. The number of hydrogen-bond acceptors (Lipinski definition) is 2. The van der Waals surface area contributed by atoms with Gasteiger partial charge in [0, 0.05) is 7.11 Å². The summed E-state index contributed by atoms with van der Waals surface area (Å²) in [6.07, 6.45) is 5.79. The van der Waals surface area contributed by atoms with Gasteiger partial charge in [-0.3, -0.25) is 0 Å². The highest BCUT2D eigenvalue weighted by Crippen LogP contribution is 2.33. The van der Waals surface area contributed by atoms with E-state index in [1.165, 1.54) is 19.3 Å². The van der Waals surface area contributed by atoms with Gasteiger partial charge in [0.2, 0.25) is 0 Å². The fraction of sp³-hybridized carbons (Fsp3) is 1.00. The Labute approximate surface area is 75.6 Å². The lowest BCUT2D eigenvalue weighted by Crippen LogP contribution is -2.36. The molecule has 0 heterocycles. The lowest BCUT2D eigenvalue weighted by molar-refractivity contribution is -0.0368. The Balaban J connectivity index is 0.000000561. The minimum absolute atomic E-state index is 0.321. The van der Waals surface area contributed by atoms with Gasteiger partial charge in [0.15, 0.2) is 0 Å². The van der Waals surface area contributed by atoms with Crippen molar-refractivity contribution >= 4 is 0 Å². The van der Waals surface area contributed by atoms with Crippen molar-refractivity contribution in [3.05, 3.63) is 0 Å². The molecule has 0 radical (unpaired) electrons. The summed E-state index contributed by atoms with van der Waals surface area (Å²) >= 11 is 0. The summed E-state index contributed by atoms with van der Waals surface area (Å²) in [6.45, 7) is 4.23. The zero-order valence-corrected chi connectivity index (χ0v) is 8.51. The highest BCUT2D eigenvalue weighted by atomic mass is 16.3. The predicted molar refractivity (Wildman–Crippen MR) is 51.0 cm³/mol. The van der Waals surface area contributed by atoms with E-state index in [0.717, 1.165) is 20.0 Å². The molecule has 0 bridgehead atoms. The third-order valence-electron chi connectivity index (χ3n) is 2.79. The van der Waals surface area contributed by atoms with Crippen LogP contribution in [0.25, 0.3) is 0 Å². The van der Waals surface area contributed by atoms with Gasteiger partial charge in [0.25, 0.3) is 0 Å². The molecule has 0 atom stereocenters. The summed E-state index contributed by atoms with van der Waals surface area (Å²) in [4.78, 5) is 0. The van der Waals surface area contributed by atoms with Crippen LogP contribution in [-0.4, -0.2) is 22.9 Å². The first-order valence-corrected chi connectivity index (χ1v) is 4.82. The molecular formula is C10H22O2. The molecule has 2 N–H and O–H groups in total. The molecule has 1 saturated carbocycles. The van der Waals surface area contributed by atoms with Crippen molar-refractivity contribution in [3.8, 4) is 0 Å². The molecule has 1 aliphatic carbocycles. The molecule has 1 aliphatic rings. The maximum atomic E-state index is 9.95. The van der Waals surface area contributed by atoms with Crippen LogP contribution in [0, 0.1) is 5.92 Å². The number of aliphatic hydroxyl groups excluding tert-OH is 1. The van der Waals surface area contributed by atoms with Crippen LogP contribution >= 0.6 is 0 Å². The lowest BCUT2D eigenvalue weighted by atomic mass is 9.77. The molecule has 0 amide bonds. The zero-order chi connectivity index (χ0) is 9.61. The first-order chi connectivity index (χ1) is 5.65. The fourth-order valence-corrected chi connectivity index (χ4v) is 1.74. The van der Waals surface area contributed by atoms with Crippen LogP contribution in [0.2, 0.25) is 0 Å². The van der Waals surface area contributed by atoms with Gasteiger partial charge >= 0.3 is 0 Å². The molecule has 0 aliphatic heterocycles. The van der Waals surface area contributed by atoms with Crippen LogP contribution in [-0.2, 0) is 0 Å². The van der Waals surface area contributed by atoms with Gasteiger partial charge < -0.3 is 10.2 Å². The quantitative estimate of drug-likeness (QED) is 0.638. The van der Waals surface area contributed by atoms with Crippen LogP contribution in [0.3, 0.4) is 0 Å². The SMILES string of the molecule is CC(C)C1(O)CCCCC1.CO. The smallest absolute Gasteiger partial charge is 0.0670 e.